The highest BCUT2D eigenvalue weighted by Crippen LogP contribution is 1.99. The second-order valence-corrected chi connectivity index (χ2v) is 7.14. The minimum Gasteiger partial charge on any atom is -0.352 e. The highest BCUT2D eigenvalue weighted by Gasteiger charge is 2.09. The first-order valence-corrected chi connectivity index (χ1v) is 10.6. The van der Waals surface area contributed by atoms with Crippen molar-refractivity contribution in [2.45, 2.75) is 91.1 Å². The standard InChI is InChI=1S/C22H41N3O2/c1-5-7-9-11-13-15-21(26)24-19(3)17-23-18-20(4)25-22(27)16-14-12-10-8-6-2/h7-10,19-20,23H,5-6,11-18H2,1-4H3,(H,24,26)(H,25,27)/b9-7+,10-8+. The summed E-state index contributed by atoms with van der Waals surface area (Å²) in [6.45, 7) is 9.60. The van der Waals surface area contributed by atoms with Crippen LogP contribution in [0.4, 0.5) is 0 Å². The molecule has 2 amide bonds. The molecule has 0 aromatic carbocycles. The van der Waals surface area contributed by atoms with E-state index < -0.39 is 0 Å². The van der Waals surface area contributed by atoms with Gasteiger partial charge in [0.1, 0.15) is 0 Å². The smallest absolute Gasteiger partial charge is 0.220 e. The molecule has 0 aromatic heterocycles. The van der Waals surface area contributed by atoms with Crippen LogP contribution < -0.4 is 16.0 Å². The monoisotopic (exact) mass is 379 g/mol. The van der Waals surface area contributed by atoms with Crippen molar-refractivity contribution < 1.29 is 9.59 Å². The van der Waals surface area contributed by atoms with Crippen molar-refractivity contribution in [1.82, 2.24) is 16.0 Å². The third-order valence-electron chi connectivity index (χ3n) is 4.07. The van der Waals surface area contributed by atoms with Gasteiger partial charge in [0.15, 0.2) is 0 Å². The summed E-state index contributed by atoms with van der Waals surface area (Å²) < 4.78 is 0. The Balaban J connectivity index is 3.72. The van der Waals surface area contributed by atoms with E-state index in [0.717, 1.165) is 38.5 Å². The summed E-state index contributed by atoms with van der Waals surface area (Å²) in [5.41, 5.74) is 0. The average molecular weight is 380 g/mol. The number of nitrogens with one attached hydrogen (secondary N) is 3. The maximum absolute atomic E-state index is 11.9. The zero-order valence-electron chi connectivity index (χ0n) is 17.9. The molecule has 3 N–H and O–H groups in total. The molecule has 0 bridgehead atoms. The Hall–Kier alpha value is -1.62. The van der Waals surface area contributed by atoms with E-state index in [0.29, 0.717) is 25.9 Å². The normalized spacial score (nSPS) is 13.8. The molecule has 2 atom stereocenters. The lowest BCUT2D eigenvalue weighted by Gasteiger charge is -2.18. The van der Waals surface area contributed by atoms with Crippen LogP contribution in [-0.2, 0) is 9.59 Å². The van der Waals surface area contributed by atoms with Crippen LogP contribution in [0.1, 0.15) is 79.1 Å². The van der Waals surface area contributed by atoms with Crippen LogP contribution in [0.5, 0.6) is 0 Å². The van der Waals surface area contributed by atoms with E-state index in [1.807, 2.05) is 13.8 Å². The predicted octanol–water partition coefficient (Wildman–Crippen LogP) is 3.86. The first kappa shape index (κ1) is 25.4. The van der Waals surface area contributed by atoms with Gasteiger partial charge in [0.25, 0.3) is 0 Å². The van der Waals surface area contributed by atoms with Crippen LogP contribution in [0.15, 0.2) is 24.3 Å². The second kappa shape index (κ2) is 17.8. The Morgan fingerprint density at radius 1 is 0.741 bits per heavy atom. The summed E-state index contributed by atoms with van der Waals surface area (Å²) in [5.74, 6) is 0.209. The number of allylic oxidation sites excluding steroid dienone is 4. The van der Waals surface area contributed by atoms with E-state index in [1.165, 1.54) is 0 Å². The molecule has 0 saturated carbocycles. The largest absolute Gasteiger partial charge is 0.352 e. The van der Waals surface area contributed by atoms with Crippen molar-refractivity contribution in [2.75, 3.05) is 13.1 Å². The third-order valence-corrected chi connectivity index (χ3v) is 4.07. The highest BCUT2D eigenvalue weighted by atomic mass is 16.2. The van der Waals surface area contributed by atoms with E-state index in [9.17, 15) is 9.59 Å². The van der Waals surface area contributed by atoms with E-state index in [4.69, 9.17) is 0 Å². The van der Waals surface area contributed by atoms with E-state index >= 15 is 0 Å². The van der Waals surface area contributed by atoms with Crippen LogP contribution in [0.25, 0.3) is 0 Å². The van der Waals surface area contributed by atoms with Crippen LogP contribution in [0.2, 0.25) is 0 Å². The Bertz CT molecular complexity index is 407. The second-order valence-electron chi connectivity index (χ2n) is 7.14. The molecule has 0 spiro atoms. The van der Waals surface area contributed by atoms with Crippen LogP contribution in [-0.4, -0.2) is 37.0 Å². The molecule has 0 radical (unpaired) electrons. The fourth-order valence-corrected chi connectivity index (χ4v) is 2.64. The molecule has 0 heterocycles. The van der Waals surface area contributed by atoms with Gasteiger partial charge in [-0.25, -0.2) is 0 Å². The van der Waals surface area contributed by atoms with Gasteiger partial charge < -0.3 is 16.0 Å². The lowest BCUT2D eigenvalue weighted by molar-refractivity contribution is -0.122. The predicted molar refractivity (Wildman–Crippen MR) is 115 cm³/mol. The molecule has 0 saturated heterocycles. The number of unbranched alkanes of at least 4 members (excludes halogenated alkanes) is 2. The maximum atomic E-state index is 11.9. The molecule has 27 heavy (non-hydrogen) atoms. The van der Waals surface area contributed by atoms with Gasteiger partial charge in [-0.05, 0) is 52.4 Å². The summed E-state index contributed by atoms with van der Waals surface area (Å²) in [6, 6.07) is 0.161. The van der Waals surface area contributed by atoms with Gasteiger partial charge >= 0.3 is 0 Å². The van der Waals surface area contributed by atoms with Crippen LogP contribution in [0.3, 0.4) is 0 Å². The van der Waals surface area contributed by atoms with Crippen LogP contribution in [0, 0.1) is 0 Å². The highest BCUT2D eigenvalue weighted by molar-refractivity contribution is 5.76. The van der Waals surface area contributed by atoms with Gasteiger partial charge in [-0.2, -0.15) is 0 Å². The minimum atomic E-state index is 0.0805. The maximum Gasteiger partial charge on any atom is 0.220 e. The first-order valence-electron chi connectivity index (χ1n) is 10.6. The molecule has 2 unspecified atom stereocenters. The molecule has 5 heteroatoms. The van der Waals surface area contributed by atoms with Crippen molar-refractivity contribution in [3.05, 3.63) is 24.3 Å². The molecule has 0 aliphatic carbocycles. The number of carbonyl (C=O) groups is 2. The third kappa shape index (κ3) is 17.5. The minimum absolute atomic E-state index is 0.0805. The van der Waals surface area contributed by atoms with Crippen molar-refractivity contribution in [3.63, 3.8) is 0 Å². The van der Waals surface area contributed by atoms with Gasteiger partial charge in [-0.15, -0.1) is 0 Å². The lowest BCUT2D eigenvalue weighted by Crippen LogP contribution is -2.45. The Labute approximate surface area is 166 Å². The zero-order chi connectivity index (χ0) is 20.3. The average Bonchev–Trinajstić information content (AvgIpc) is 2.61. The van der Waals surface area contributed by atoms with Crippen molar-refractivity contribution in [2.24, 2.45) is 0 Å². The topological polar surface area (TPSA) is 70.2 Å². The zero-order valence-corrected chi connectivity index (χ0v) is 17.9. The summed E-state index contributed by atoms with van der Waals surface area (Å²) in [4.78, 5) is 23.7. The summed E-state index contributed by atoms with van der Waals surface area (Å²) in [5, 5.41) is 9.33. The van der Waals surface area contributed by atoms with E-state index in [1.54, 1.807) is 0 Å². The summed E-state index contributed by atoms with van der Waals surface area (Å²) in [6.07, 6.45) is 15.5. The molecule has 0 rings (SSSR count). The van der Waals surface area contributed by atoms with E-state index in [2.05, 4.69) is 54.1 Å². The number of carbonyl (C=O) groups excluding carboxylic acids is 2. The van der Waals surface area contributed by atoms with Crippen LogP contribution >= 0.6 is 0 Å². The van der Waals surface area contributed by atoms with Gasteiger partial charge in [-0.3, -0.25) is 9.59 Å². The summed E-state index contributed by atoms with van der Waals surface area (Å²) in [7, 11) is 0. The molecular formula is C22H41N3O2. The SMILES string of the molecule is CC/C=C/CCCC(=O)NC(C)CNCC(C)NC(=O)CCC/C=C/CC. The molecular weight excluding hydrogens is 338 g/mol. The fourth-order valence-electron chi connectivity index (χ4n) is 2.64. The molecule has 0 aromatic rings. The van der Waals surface area contributed by atoms with Gasteiger partial charge in [0.05, 0.1) is 0 Å². The van der Waals surface area contributed by atoms with Crippen molar-refractivity contribution in [3.8, 4) is 0 Å². The van der Waals surface area contributed by atoms with Crippen molar-refractivity contribution >= 4 is 11.8 Å². The molecule has 5 nitrogen and oxygen atoms in total. The number of hydrogen-bond acceptors (Lipinski definition) is 3. The quantitative estimate of drug-likeness (QED) is 0.282. The lowest BCUT2D eigenvalue weighted by atomic mass is 10.2. The van der Waals surface area contributed by atoms with Gasteiger partial charge in [-0.1, -0.05) is 38.2 Å². The van der Waals surface area contributed by atoms with E-state index in [-0.39, 0.29) is 23.9 Å². The molecule has 0 aliphatic rings. The van der Waals surface area contributed by atoms with Gasteiger partial charge in [0.2, 0.25) is 11.8 Å². The van der Waals surface area contributed by atoms with Gasteiger partial charge in [0, 0.05) is 38.0 Å². The number of hydrogen-bond donors (Lipinski definition) is 3. The molecule has 0 fully saturated rings. The Morgan fingerprint density at radius 2 is 1.15 bits per heavy atom. The van der Waals surface area contributed by atoms with Crippen molar-refractivity contribution in [1.29, 1.82) is 0 Å². The fraction of sp³-hybridized carbons (Fsp3) is 0.727. The number of rotatable bonds is 16. The Kier molecular flexibility index (Phi) is 16.7. The Morgan fingerprint density at radius 3 is 1.52 bits per heavy atom. The summed E-state index contributed by atoms with van der Waals surface area (Å²) >= 11 is 0. The molecule has 156 valence electrons. The number of amides is 2. The first-order chi connectivity index (χ1) is 13.0. The molecule has 0 aliphatic heterocycles.